The van der Waals surface area contributed by atoms with Gasteiger partial charge in [-0.1, -0.05) is 0 Å². The molecule has 76 valence electrons. The van der Waals surface area contributed by atoms with Crippen LogP contribution < -0.4 is 5.56 Å². The zero-order valence-electron chi connectivity index (χ0n) is 8.77. The molecule has 3 nitrogen and oxygen atoms in total. The van der Waals surface area contributed by atoms with Crippen molar-refractivity contribution in [1.29, 1.82) is 0 Å². The fourth-order valence-electron chi connectivity index (χ4n) is 1.57. The number of nitrogens with zero attached hydrogens (tertiary/aromatic N) is 2. The number of hydrogen-bond donors (Lipinski definition) is 0. The van der Waals surface area contributed by atoms with Crippen molar-refractivity contribution < 1.29 is 0 Å². The van der Waals surface area contributed by atoms with E-state index in [-0.39, 0.29) is 5.56 Å². The summed E-state index contributed by atoms with van der Waals surface area (Å²) in [6.07, 6.45) is 3.50. The molecule has 3 heteroatoms. The van der Waals surface area contributed by atoms with Gasteiger partial charge in [0.15, 0.2) is 0 Å². The molecular formula is C12H12N2O. The van der Waals surface area contributed by atoms with Gasteiger partial charge in [0.05, 0.1) is 0 Å². The average Bonchev–Trinajstić information content (AvgIpc) is 2.27. The van der Waals surface area contributed by atoms with Crippen molar-refractivity contribution in [2.24, 2.45) is 7.05 Å². The van der Waals surface area contributed by atoms with Crippen LogP contribution in [0.3, 0.4) is 0 Å². The number of aromatic nitrogens is 2. The summed E-state index contributed by atoms with van der Waals surface area (Å²) in [6, 6.07) is 7.31. The molecule has 0 bridgehead atoms. The van der Waals surface area contributed by atoms with Gasteiger partial charge in [-0.25, -0.2) is 0 Å². The van der Waals surface area contributed by atoms with Gasteiger partial charge in [-0.3, -0.25) is 9.78 Å². The molecule has 0 radical (unpaired) electrons. The highest BCUT2D eigenvalue weighted by Crippen LogP contribution is 2.20. The van der Waals surface area contributed by atoms with Gasteiger partial charge >= 0.3 is 0 Å². The topological polar surface area (TPSA) is 34.9 Å². The normalized spacial score (nSPS) is 10.3. The van der Waals surface area contributed by atoms with Gasteiger partial charge in [0.2, 0.25) is 5.56 Å². The summed E-state index contributed by atoms with van der Waals surface area (Å²) in [5.74, 6) is 0. The predicted octanol–water partition coefficient (Wildman–Crippen LogP) is 1.76. The molecule has 2 aromatic rings. The molecule has 0 atom stereocenters. The number of hydrogen-bond acceptors (Lipinski definition) is 2. The molecule has 0 aliphatic carbocycles. The van der Waals surface area contributed by atoms with E-state index in [0.717, 1.165) is 16.8 Å². The fourth-order valence-corrected chi connectivity index (χ4v) is 1.57. The Bertz CT molecular complexity index is 529. The lowest BCUT2D eigenvalue weighted by atomic mass is 10.1. The van der Waals surface area contributed by atoms with Gasteiger partial charge in [0, 0.05) is 36.8 Å². The third kappa shape index (κ3) is 1.68. The first-order chi connectivity index (χ1) is 7.20. The molecule has 0 aliphatic rings. The number of rotatable bonds is 1. The van der Waals surface area contributed by atoms with E-state index < -0.39 is 0 Å². The largest absolute Gasteiger partial charge is 0.315 e. The maximum Gasteiger partial charge on any atom is 0.250 e. The van der Waals surface area contributed by atoms with Gasteiger partial charge in [0.25, 0.3) is 0 Å². The second-order valence-electron chi connectivity index (χ2n) is 3.47. The lowest BCUT2D eigenvalue weighted by molar-refractivity contribution is 0.821. The summed E-state index contributed by atoms with van der Waals surface area (Å²) >= 11 is 0. The van der Waals surface area contributed by atoms with Gasteiger partial charge < -0.3 is 4.57 Å². The second kappa shape index (κ2) is 3.69. The molecule has 0 aliphatic heterocycles. The fraction of sp³-hybridized carbons (Fsp3) is 0.167. The maximum absolute atomic E-state index is 11.4. The van der Waals surface area contributed by atoms with E-state index in [4.69, 9.17) is 0 Å². The molecule has 2 rings (SSSR count). The van der Waals surface area contributed by atoms with Crippen molar-refractivity contribution >= 4 is 0 Å². The third-order valence-electron chi connectivity index (χ3n) is 2.61. The van der Waals surface area contributed by atoms with Crippen LogP contribution in [0.1, 0.15) is 5.69 Å². The monoisotopic (exact) mass is 200 g/mol. The summed E-state index contributed by atoms with van der Waals surface area (Å²) in [5, 5.41) is 0. The van der Waals surface area contributed by atoms with E-state index in [0.29, 0.717) is 0 Å². The summed E-state index contributed by atoms with van der Waals surface area (Å²) < 4.78 is 1.65. The van der Waals surface area contributed by atoms with Gasteiger partial charge in [-0.05, 0) is 30.7 Å². The van der Waals surface area contributed by atoms with Crippen molar-refractivity contribution in [2.75, 3.05) is 0 Å². The minimum absolute atomic E-state index is 0.0188. The molecule has 0 N–H and O–H groups in total. The predicted molar refractivity (Wildman–Crippen MR) is 59.7 cm³/mol. The highest BCUT2D eigenvalue weighted by molar-refractivity contribution is 5.64. The smallest absolute Gasteiger partial charge is 0.250 e. The average molecular weight is 200 g/mol. The minimum atomic E-state index is 0.0188. The first-order valence-corrected chi connectivity index (χ1v) is 4.77. The lowest BCUT2D eigenvalue weighted by Gasteiger charge is -2.09. The van der Waals surface area contributed by atoms with Crippen LogP contribution >= 0.6 is 0 Å². The standard InChI is InChI=1S/C12H12N2O/c1-9-11(3-4-12(15)14(9)2)10-5-7-13-8-6-10/h3-8H,1-2H3. The van der Waals surface area contributed by atoms with Crippen molar-refractivity contribution in [3.63, 3.8) is 0 Å². The van der Waals surface area contributed by atoms with Crippen LogP contribution in [0.25, 0.3) is 11.1 Å². The molecule has 2 aromatic heterocycles. The Balaban J connectivity index is 2.65. The molecule has 0 saturated heterocycles. The van der Waals surface area contributed by atoms with Gasteiger partial charge in [-0.15, -0.1) is 0 Å². The van der Waals surface area contributed by atoms with Crippen LogP contribution in [0.5, 0.6) is 0 Å². The third-order valence-corrected chi connectivity index (χ3v) is 2.61. The molecular weight excluding hydrogens is 188 g/mol. The summed E-state index contributed by atoms with van der Waals surface area (Å²) in [5.41, 5.74) is 3.14. The Morgan fingerprint density at radius 1 is 1.13 bits per heavy atom. The van der Waals surface area contributed by atoms with E-state index in [1.165, 1.54) is 0 Å². The molecule has 0 fully saturated rings. The molecule has 2 heterocycles. The second-order valence-corrected chi connectivity index (χ2v) is 3.47. The Morgan fingerprint density at radius 2 is 1.80 bits per heavy atom. The van der Waals surface area contributed by atoms with Crippen molar-refractivity contribution in [2.45, 2.75) is 6.92 Å². The Hall–Kier alpha value is -1.90. The quantitative estimate of drug-likeness (QED) is 0.703. The first kappa shape index (κ1) is 9.65. The Labute approximate surface area is 88.0 Å². The van der Waals surface area contributed by atoms with Gasteiger partial charge in [-0.2, -0.15) is 0 Å². The highest BCUT2D eigenvalue weighted by Gasteiger charge is 2.04. The minimum Gasteiger partial charge on any atom is -0.315 e. The maximum atomic E-state index is 11.4. The summed E-state index contributed by atoms with van der Waals surface area (Å²) in [7, 11) is 1.78. The molecule has 0 spiro atoms. The summed E-state index contributed by atoms with van der Waals surface area (Å²) in [6.45, 7) is 1.94. The number of pyridine rings is 2. The van der Waals surface area contributed by atoms with Crippen LogP contribution in [-0.2, 0) is 7.05 Å². The molecule has 0 aromatic carbocycles. The molecule has 15 heavy (non-hydrogen) atoms. The van der Waals surface area contributed by atoms with Crippen LogP contribution in [0, 0.1) is 6.92 Å². The van der Waals surface area contributed by atoms with E-state index in [1.54, 1.807) is 30.1 Å². The SMILES string of the molecule is Cc1c(-c2ccncc2)ccc(=O)n1C. The first-order valence-electron chi connectivity index (χ1n) is 4.77. The zero-order valence-corrected chi connectivity index (χ0v) is 8.77. The van der Waals surface area contributed by atoms with Crippen molar-refractivity contribution in [3.8, 4) is 11.1 Å². The van der Waals surface area contributed by atoms with E-state index in [1.807, 2.05) is 25.1 Å². The van der Waals surface area contributed by atoms with Crippen LogP contribution in [0.15, 0.2) is 41.5 Å². The molecule has 0 unspecified atom stereocenters. The lowest BCUT2D eigenvalue weighted by Crippen LogP contribution is -2.17. The van der Waals surface area contributed by atoms with Crippen molar-refractivity contribution in [3.05, 3.63) is 52.7 Å². The Morgan fingerprint density at radius 3 is 2.47 bits per heavy atom. The van der Waals surface area contributed by atoms with Crippen LogP contribution in [-0.4, -0.2) is 9.55 Å². The molecule has 0 saturated carbocycles. The van der Waals surface area contributed by atoms with E-state index in [2.05, 4.69) is 4.98 Å². The van der Waals surface area contributed by atoms with E-state index >= 15 is 0 Å². The van der Waals surface area contributed by atoms with Crippen LogP contribution in [0.2, 0.25) is 0 Å². The van der Waals surface area contributed by atoms with Crippen molar-refractivity contribution in [1.82, 2.24) is 9.55 Å². The Kier molecular flexibility index (Phi) is 2.37. The molecule has 0 amide bonds. The summed E-state index contributed by atoms with van der Waals surface area (Å²) in [4.78, 5) is 15.3. The van der Waals surface area contributed by atoms with Gasteiger partial charge in [0.1, 0.15) is 0 Å². The van der Waals surface area contributed by atoms with Crippen LogP contribution in [0.4, 0.5) is 0 Å². The van der Waals surface area contributed by atoms with E-state index in [9.17, 15) is 4.79 Å². The zero-order chi connectivity index (χ0) is 10.8. The highest BCUT2D eigenvalue weighted by atomic mass is 16.1.